The van der Waals surface area contributed by atoms with Gasteiger partial charge in [-0.15, -0.1) is 0 Å². The Morgan fingerprint density at radius 3 is 2.32 bits per heavy atom. The number of benzene rings is 2. The number of hydrogen-bond acceptors (Lipinski definition) is 4. The minimum atomic E-state index is -3.48. The Bertz CT molecular complexity index is 667. The van der Waals surface area contributed by atoms with Gasteiger partial charge in [0.2, 0.25) is 10.0 Å². The van der Waals surface area contributed by atoms with Crippen molar-refractivity contribution in [3.05, 3.63) is 48.5 Å². The van der Waals surface area contributed by atoms with E-state index < -0.39 is 10.0 Å². The van der Waals surface area contributed by atoms with Gasteiger partial charge < -0.3 is 5.11 Å². The van der Waals surface area contributed by atoms with Crippen molar-refractivity contribution >= 4 is 21.8 Å². The summed E-state index contributed by atoms with van der Waals surface area (Å²) in [4.78, 5) is 1.75. The molecular formula is C13H13NO3S2. The predicted octanol–water partition coefficient (Wildman–Crippen LogP) is 2.45. The lowest BCUT2D eigenvalue weighted by molar-refractivity contribution is 0.475. The highest BCUT2D eigenvalue weighted by Crippen LogP contribution is 2.33. The first-order valence-corrected chi connectivity index (χ1v) is 7.82. The molecule has 2 aromatic carbocycles. The van der Waals surface area contributed by atoms with E-state index in [1.54, 1.807) is 48.5 Å². The van der Waals surface area contributed by atoms with E-state index in [1.165, 1.54) is 18.8 Å². The maximum atomic E-state index is 11.9. The highest BCUT2D eigenvalue weighted by molar-refractivity contribution is 8.00. The highest BCUT2D eigenvalue weighted by atomic mass is 32.2. The van der Waals surface area contributed by atoms with Crippen molar-refractivity contribution in [1.82, 2.24) is 4.72 Å². The topological polar surface area (TPSA) is 66.4 Å². The van der Waals surface area contributed by atoms with Crippen LogP contribution in [0, 0.1) is 0 Å². The van der Waals surface area contributed by atoms with E-state index in [0.29, 0.717) is 4.90 Å². The van der Waals surface area contributed by atoms with Gasteiger partial charge >= 0.3 is 0 Å². The average Bonchev–Trinajstić information content (AvgIpc) is 2.42. The van der Waals surface area contributed by atoms with E-state index in [9.17, 15) is 13.5 Å². The lowest BCUT2D eigenvalue weighted by Crippen LogP contribution is -2.19. The SMILES string of the molecule is CNS(=O)(=O)c1ccccc1Sc1ccc(O)cc1. The molecule has 0 saturated carbocycles. The molecule has 0 aliphatic carbocycles. The third-order valence-electron chi connectivity index (χ3n) is 2.47. The van der Waals surface area contributed by atoms with Crippen molar-refractivity contribution in [1.29, 1.82) is 0 Å². The first-order valence-electron chi connectivity index (χ1n) is 5.52. The Kier molecular flexibility index (Phi) is 4.14. The molecule has 0 aliphatic heterocycles. The summed E-state index contributed by atoms with van der Waals surface area (Å²) in [5.41, 5.74) is 0. The third-order valence-corrected chi connectivity index (χ3v) is 5.16. The number of rotatable bonds is 4. The van der Waals surface area contributed by atoms with Crippen LogP contribution in [0.1, 0.15) is 0 Å². The molecule has 0 unspecified atom stereocenters. The quantitative estimate of drug-likeness (QED) is 0.909. The van der Waals surface area contributed by atoms with Crippen LogP contribution in [0.4, 0.5) is 0 Å². The van der Waals surface area contributed by atoms with E-state index in [1.807, 2.05) is 0 Å². The number of nitrogens with one attached hydrogen (secondary N) is 1. The zero-order valence-electron chi connectivity index (χ0n) is 10.2. The van der Waals surface area contributed by atoms with Crippen molar-refractivity contribution in [3.8, 4) is 5.75 Å². The van der Waals surface area contributed by atoms with Gasteiger partial charge in [0, 0.05) is 9.79 Å². The summed E-state index contributed by atoms with van der Waals surface area (Å²) in [6.45, 7) is 0. The van der Waals surface area contributed by atoms with Gasteiger partial charge in [-0.3, -0.25) is 0 Å². The number of sulfonamides is 1. The summed E-state index contributed by atoms with van der Waals surface area (Å²) in [7, 11) is -2.09. The minimum Gasteiger partial charge on any atom is -0.508 e. The summed E-state index contributed by atoms with van der Waals surface area (Å²) in [5.74, 6) is 0.181. The van der Waals surface area contributed by atoms with E-state index in [-0.39, 0.29) is 10.6 Å². The summed E-state index contributed by atoms with van der Waals surface area (Å²) >= 11 is 1.33. The fourth-order valence-corrected chi connectivity index (χ4v) is 3.61. The van der Waals surface area contributed by atoms with Crippen LogP contribution in [0.2, 0.25) is 0 Å². The van der Waals surface area contributed by atoms with Crippen LogP contribution in [-0.4, -0.2) is 20.6 Å². The van der Waals surface area contributed by atoms with Gasteiger partial charge in [-0.2, -0.15) is 0 Å². The van der Waals surface area contributed by atoms with Crippen molar-refractivity contribution in [2.75, 3.05) is 7.05 Å². The normalized spacial score (nSPS) is 11.4. The van der Waals surface area contributed by atoms with Gasteiger partial charge in [0.15, 0.2) is 0 Å². The predicted molar refractivity (Wildman–Crippen MR) is 74.9 cm³/mol. The first kappa shape index (κ1) is 13.9. The third kappa shape index (κ3) is 3.28. The Labute approximate surface area is 116 Å². The lowest BCUT2D eigenvalue weighted by Gasteiger charge is -2.09. The molecule has 6 heteroatoms. The molecule has 19 heavy (non-hydrogen) atoms. The molecular weight excluding hydrogens is 282 g/mol. The average molecular weight is 295 g/mol. The van der Waals surface area contributed by atoms with Gasteiger partial charge in [0.25, 0.3) is 0 Å². The molecule has 0 saturated heterocycles. The molecule has 0 bridgehead atoms. The summed E-state index contributed by atoms with van der Waals surface area (Å²) in [6, 6.07) is 13.4. The lowest BCUT2D eigenvalue weighted by atomic mass is 10.3. The van der Waals surface area contributed by atoms with Crippen LogP contribution in [-0.2, 0) is 10.0 Å². The molecule has 4 nitrogen and oxygen atoms in total. The molecule has 0 amide bonds. The summed E-state index contributed by atoms with van der Waals surface area (Å²) in [5, 5.41) is 9.23. The molecule has 0 aromatic heterocycles. The van der Waals surface area contributed by atoms with Crippen LogP contribution >= 0.6 is 11.8 Å². The molecule has 0 aliphatic rings. The zero-order chi connectivity index (χ0) is 13.9. The highest BCUT2D eigenvalue weighted by Gasteiger charge is 2.16. The van der Waals surface area contributed by atoms with Crippen molar-refractivity contribution in [2.45, 2.75) is 14.7 Å². The second-order valence-corrected chi connectivity index (χ2v) is 6.72. The van der Waals surface area contributed by atoms with Crippen LogP contribution in [0.25, 0.3) is 0 Å². The van der Waals surface area contributed by atoms with Gasteiger partial charge in [-0.1, -0.05) is 23.9 Å². The van der Waals surface area contributed by atoms with Gasteiger partial charge in [-0.05, 0) is 43.4 Å². The summed E-state index contributed by atoms with van der Waals surface area (Å²) < 4.78 is 26.1. The van der Waals surface area contributed by atoms with E-state index >= 15 is 0 Å². The van der Waals surface area contributed by atoms with Gasteiger partial charge in [0.05, 0.1) is 4.90 Å². The van der Waals surface area contributed by atoms with Gasteiger partial charge in [0.1, 0.15) is 5.75 Å². The molecule has 0 heterocycles. The van der Waals surface area contributed by atoms with E-state index in [0.717, 1.165) is 4.90 Å². The second-order valence-electron chi connectivity index (χ2n) is 3.75. The van der Waals surface area contributed by atoms with E-state index in [4.69, 9.17) is 0 Å². The number of hydrogen-bond donors (Lipinski definition) is 2. The first-order chi connectivity index (χ1) is 9.03. The Morgan fingerprint density at radius 2 is 1.68 bits per heavy atom. The maximum absolute atomic E-state index is 11.9. The Hall–Kier alpha value is -1.50. The maximum Gasteiger partial charge on any atom is 0.241 e. The Morgan fingerprint density at radius 1 is 1.05 bits per heavy atom. The van der Waals surface area contributed by atoms with Crippen molar-refractivity contribution in [2.24, 2.45) is 0 Å². The fourth-order valence-electron chi connectivity index (χ4n) is 1.51. The van der Waals surface area contributed by atoms with Crippen LogP contribution in [0.3, 0.4) is 0 Å². The molecule has 2 aromatic rings. The van der Waals surface area contributed by atoms with Crippen molar-refractivity contribution in [3.63, 3.8) is 0 Å². The molecule has 0 atom stereocenters. The molecule has 0 fully saturated rings. The number of phenolic OH excluding ortho intramolecular Hbond substituents is 1. The van der Waals surface area contributed by atoms with Crippen LogP contribution < -0.4 is 4.72 Å². The van der Waals surface area contributed by atoms with Crippen molar-refractivity contribution < 1.29 is 13.5 Å². The monoisotopic (exact) mass is 295 g/mol. The largest absolute Gasteiger partial charge is 0.508 e. The second kappa shape index (κ2) is 5.64. The smallest absolute Gasteiger partial charge is 0.241 e. The van der Waals surface area contributed by atoms with Gasteiger partial charge in [-0.25, -0.2) is 13.1 Å². The Balaban J connectivity index is 2.38. The van der Waals surface area contributed by atoms with E-state index in [2.05, 4.69) is 4.72 Å². The van der Waals surface area contributed by atoms with Crippen LogP contribution in [0.5, 0.6) is 5.75 Å². The standard InChI is InChI=1S/C13H13NO3S2/c1-14-19(16,17)13-5-3-2-4-12(13)18-11-8-6-10(15)7-9-11/h2-9,14-15H,1H3. The summed E-state index contributed by atoms with van der Waals surface area (Å²) in [6.07, 6.45) is 0. The minimum absolute atomic E-state index is 0.181. The number of aromatic hydroxyl groups is 1. The molecule has 0 spiro atoms. The number of phenols is 1. The molecule has 2 rings (SSSR count). The zero-order valence-corrected chi connectivity index (χ0v) is 11.8. The fraction of sp³-hybridized carbons (Fsp3) is 0.0769. The molecule has 2 N–H and O–H groups in total. The molecule has 0 radical (unpaired) electrons. The van der Waals surface area contributed by atoms with Crippen LogP contribution in [0.15, 0.2) is 63.2 Å². The molecule has 100 valence electrons.